The monoisotopic (exact) mass is 424 g/mol. The number of piperazine rings is 1. The number of aromatic nitrogens is 5. The van der Waals surface area contributed by atoms with Crippen LogP contribution in [0, 0.1) is 6.92 Å². The van der Waals surface area contributed by atoms with E-state index in [9.17, 15) is 0 Å². The fourth-order valence-electron chi connectivity index (χ4n) is 3.91. The van der Waals surface area contributed by atoms with Gasteiger partial charge in [-0.3, -0.25) is 4.90 Å². The maximum atomic E-state index is 5.34. The van der Waals surface area contributed by atoms with E-state index in [0.29, 0.717) is 17.8 Å². The molecule has 2 fully saturated rings. The molecule has 0 aliphatic carbocycles. The van der Waals surface area contributed by atoms with Gasteiger partial charge in [0.15, 0.2) is 5.82 Å². The lowest BCUT2D eigenvalue weighted by Crippen LogP contribution is -2.56. The van der Waals surface area contributed by atoms with Crippen LogP contribution in [0.25, 0.3) is 5.82 Å². The number of hydrogen-bond donors (Lipinski definition) is 1. The second-order valence-electron chi connectivity index (χ2n) is 7.81. The average molecular weight is 425 g/mol. The first kappa shape index (κ1) is 19.7. The Morgan fingerprint density at radius 3 is 2.71 bits per heavy atom. The maximum absolute atomic E-state index is 5.34. The predicted molar refractivity (Wildman–Crippen MR) is 118 cm³/mol. The zero-order valence-electron chi connectivity index (χ0n) is 17.7. The molecule has 0 bridgehead atoms. The van der Waals surface area contributed by atoms with Crippen molar-refractivity contribution in [3.8, 4) is 11.8 Å². The van der Waals surface area contributed by atoms with E-state index in [0.717, 1.165) is 45.1 Å². The van der Waals surface area contributed by atoms with Gasteiger partial charge in [0, 0.05) is 51.2 Å². The number of methoxy groups -OCH3 is 1. The van der Waals surface area contributed by atoms with E-state index in [1.54, 1.807) is 23.3 Å². The SMILES string of the molecule is COc1nccc(-n2cnc(Nc3cc(C)cc(N4CCN(C5COC5)CC4)c3)n2)n1.[HH]. The highest BCUT2D eigenvalue weighted by atomic mass is 16.5. The van der Waals surface area contributed by atoms with Gasteiger partial charge in [-0.2, -0.15) is 9.97 Å². The summed E-state index contributed by atoms with van der Waals surface area (Å²) in [4.78, 5) is 17.6. The summed E-state index contributed by atoms with van der Waals surface area (Å²) < 4.78 is 12.0. The van der Waals surface area contributed by atoms with Crippen molar-refractivity contribution in [3.05, 3.63) is 42.4 Å². The van der Waals surface area contributed by atoms with Crippen molar-refractivity contribution >= 4 is 17.3 Å². The number of ether oxygens (including phenoxy) is 2. The van der Waals surface area contributed by atoms with Gasteiger partial charge in [0.1, 0.15) is 6.33 Å². The molecular formula is C21H28N8O2. The van der Waals surface area contributed by atoms with E-state index in [2.05, 4.69) is 60.3 Å². The smallest absolute Gasteiger partial charge is 0.318 e. The number of benzene rings is 1. The van der Waals surface area contributed by atoms with Gasteiger partial charge in [-0.05, 0) is 30.7 Å². The Balaban J connectivity index is 0.00000245. The lowest BCUT2D eigenvalue weighted by molar-refractivity contribution is -0.0660. The third-order valence-corrected chi connectivity index (χ3v) is 5.66. The van der Waals surface area contributed by atoms with Crippen LogP contribution in [0.1, 0.15) is 6.99 Å². The summed E-state index contributed by atoms with van der Waals surface area (Å²) in [5, 5.41) is 7.80. The van der Waals surface area contributed by atoms with Crippen LogP contribution in [0.15, 0.2) is 36.8 Å². The molecule has 4 heterocycles. The minimum Gasteiger partial charge on any atom is -0.467 e. The van der Waals surface area contributed by atoms with E-state index < -0.39 is 0 Å². The average Bonchev–Trinajstić information content (AvgIpc) is 3.21. The molecular weight excluding hydrogens is 396 g/mol. The summed E-state index contributed by atoms with van der Waals surface area (Å²) in [5.74, 6) is 1.09. The van der Waals surface area contributed by atoms with Gasteiger partial charge >= 0.3 is 6.01 Å². The van der Waals surface area contributed by atoms with E-state index in [1.807, 2.05) is 0 Å². The zero-order valence-corrected chi connectivity index (χ0v) is 17.7. The molecule has 2 aliphatic heterocycles. The van der Waals surface area contributed by atoms with Crippen LogP contribution in [0.3, 0.4) is 0 Å². The summed E-state index contributed by atoms with van der Waals surface area (Å²) in [6.07, 6.45) is 3.24. The Bertz CT molecular complexity index is 1050. The van der Waals surface area contributed by atoms with Crippen molar-refractivity contribution in [1.82, 2.24) is 29.6 Å². The number of aryl methyl sites for hydroxylation is 1. The number of rotatable bonds is 6. The minimum absolute atomic E-state index is 0. The Kier molecular flexibility index (Phi) is 5.39. The highest BCUT2D eigenvalue weighted by Crippen LogP contribution is 2.26. The summed E-state index contributed by atoms with van der Waals surface area (Å²) in [7, 11) is 1.53. The topological polar surface area (TPSA) is 93.5 Å². The van der Waals surface area contributed by atoms with Crippen LogP contribution in [0.4, 0.5) is 17.3 Å². The van der Waals surface area contributed by atoms with Gasteiger partial charge in [0.2, 0.25) is 5.95 Å². The molecule has 31 heavy (non-hydrogen) atoms. The first-order valence-corrected chi connectivity index (χ1v) is 10.4. The molecule has 1 N–H and O–H groups in total. The van der Waals surface area contributed by atoms with Gasteiger partial charge in [0.25, 0.3) is 0 Å². The summed E-state index contributed by atoms with van der Waals surface area (Å²) in [6, 6.07) is 9.13. The molecule has 10 heteroatoms. The molecule has 1 aromatic carbocycles. The largest absolute Gasteiger partial charge is 0.467 e. The molecule has 5 rings (SSSR count). The molecule has 0 radical (unpaired) electrons. The fourth-order valence-corrected chi connectivity index (χ4v) is 3.91. The van der Waals surface area contributed by atoms with Gasteiger partial charge in [-0.1, -0.05) is 0 Å². The molecule has 2 aliphatic rings. The third kappa shape index (κ3) is 4.30. The van der Waals surface area contributed by atoms with Crippen LogP contribution >= 0.6 is 0 Å². The first-order chi connectivity index (χ1) is 15.2. The first-order valence-electron chi connectivity index (χ1n) is 10.4. The Morgan fingerprint density at radius 1 is 1.13 bits per heavy atom. The highest BCUT2D eigenvalue weighted by Gasteiger charge is 2.29. The number of anilines is 3. The van der Waals surface area contributed by atoms with Gasteiger partial charge < -0.3 is 19.7 Å². The Hall–Kier alpha value is -3.24. The highest BCUT2D eigenvalue weighted by molar-refractivity contribution is 5.64. The van der Waals surface area contributed by atoms with E-state index >= 15 is 0 Å². The van der Waals surface area contributed by atoms with E-state index in [-0.39, 0.29) is 7.44 Å². The zero-order chi connectivity index (χ0) is 21.2. The van der Waals surface area contributed by atoms with Crippen LogP contribution in [-0.2, 0) is 4.74 Å². The number of hydrogen-bond acceptors (Lipinski definition) is 9. The van der Waals surface area contributed by atoms with E-state index in [4.69, 9.17) is 9.47 Å². The molecule has 0 saturated carbocycles. The Labute approximate surface area is 182 Å². The van der Waals surface area contributed by atoms with Crippen molar-refractivity contribution in [2.75, 3.05) is 56.7 Å². The van der Waals surface area contributed by atoms with Crippen LogP contribution < -0.4 is 15.0 Å². The van der Waals surface area contributed by atoms with Gasteiger partial charge in [-0.15, -0.1) is 5.10 Å². The molecule has 0 amide bonds. The molecule has 2 aromatic heterocycles. The second kappa shape index (κ2) is 8.48. The predicted octanol–water partition coefficient (Wildman–Crippen LogP) is 1.88. The summed E-state index contributed by atoms with van der Waals surface area (Å²) in [5.41, 5.74) is 3.37. The lowest BCUT2D eigenvalue weighted by atomic mass is 10.1. The molecule has 0 unspecified atom stereocenters. The molecule has 164 valence electrons. The maximum Gasteiger partial charge on any atom is 0.318 e. The third-order valence-electron chi connectivity index (χ3n) is 5.66. The van der Waals surface area contributed by atoms with Gasteiger partial charge in [-0.25, -0.2) is 9.67 Å². The fraction of sp³-hybridized carbons (Fsp3) is 0.429. The number of nitrogens with zero attached hydrogens (tertiary/aromatic N) is 7. The standard InChI is InChI=1S/C21H26N8O2.H2/c1-15-9-16(11-17(10-15)27-5-7-28(8-6-27)18-12-31-13-18)24-20-23-14-29(26-20)19-3-4-22-21(25-19)30-2;/h3-4,9-11,14,18H,5-8,12-13H2,1-2H3,(H,24,26);1H. The normalized spacial score (nSPS) is 17.4. The molecule has 2 saturated heterocycles. The summed E-state index contributed by atoms with van der Waals surface area (Å²) in [6.45, 7) is 8.03. The minimum atomic E-state index is 0. The van der Waals surface area contributed by atoms with Crippen molar-refractivity contribution in [2.24, 2.45) is 0 Å². The molecule has 0 spiro atoms. The van der Waals surface area contributed by atoms with Crippen LogP contribution in [0.5, 0.6) is 6.01 Å². The molecule has 0 atom stereocenters. The lowest BCUT2D eigenvalue weighted by Gasteiger charge is -2.43. The quantitative estimate of drug-likeness (QED) is 0.636. The molecule has 3 aromatic rings. The van der Waals surface area contributed by atoms with Crippen LogP contribution in [-0.4, -0.2) is 82.2 Å². The van der Waals surface area contributed by atoms with Crippen molar-refractivity contribution < 1.29 is 10.9 Å². The van der Waals surface area contributed by atoms with Gasteiger partial charge in [0.05, 0.1) is 26.4 Å². The molecule has 10 nitrogen and oxygen atoms in total. The van der Waals surface area contributed by atoms with Crippen molar-refractivity contribution in [1.29, 1.82) is 0 Å². The number of nitrogens with one attached hydrogen (secondary N) is 1. The summed E-state index contributed by atoms with van der Waals surface area (Å²) >= 11 is 0. The van der Waals surface area contributed by atoms with Crippen LogP contribution in [0.2, 0.25) is 0 Å². The van der Waals surface area contributed by atoms with Crippen molar-refractivity contribution in [2.45, 2.75) is 13.0 Å². The van der Waals surface area contributed by atoms with E-state index in [1.165, 1.54) is 18.4 Å². The Morgan fingerprint density at radius 2 is 1.97 bits per heavy atom. The van der Waals surface area contributed by atoms with Crippen molar-refractivity contribution in [3.63, 3.8) is 0 Å². The second-order valence-corrected chi connectivity index (χ2v) is 7.81.